The van der Waals surface area contributed by atoms with Gasteiger partial charge in [0.25, 0.3) is 0 Å². The van der Waals surface area contributed by atoms with E-state index in [1.165, 1.54) is 0 Å². The highest BCUT2D eigenvalue weighted by Gasteiger charge is 2.53. The highest BCUT2D eigenvalue weighted by Crippen LogP contribution is 2.49. The van der Waals surface area contributed by atoms with Gasteiger partial charge in [0, 0.05) is 18.2 Å². The highest BCUT2D eigenvalue weighted by atomic mass is 32.2. The predicted molar refractivity (Wildman–Crippen MR) is 119 cm³/mol. The van der Waals surface area contributed by atoms with Crippen LogP contribution in [0.1, 0.15) is 41.7 Å². The fraction of sp³-hybridized carbons (Fsp3) is 0.417. The van der Waals surface area contributed by atoms with Crippen LogP contribution >= 0.6 is 0 Å². The van der Waals surface area contributed by atoms with Gasteiger partial charge < -0.3 is 10.6 Å². The number of nitrogens with zero attached hydrogens (tertiary/aromatic N) is 1. The summed E-state index contributed by atoms with van der Waals surface area (Å²) in [5.74, 6) is -1.99. The van der Waals surface area contributed by atoms with E-state index in [1.54, 1.807) is 43.3 Å². The van der Waals surface area contributed by atoms with Gasteiger partial charge in [-0.2, -0.15) is 5.26 Å². The van der Waals surface area contributed by atoms with Crippen LogP contribution < -0.4 is 10.6 Å². The van der Waals surface area contributed by atoms with Gasteiger partial charge in [-0.3, -0.25) is 4.79 Å². The first-order valence-electron chi connectivity index (χ1n) is 10.9. The number of nitriles is 1. The van der Waals surface area contributed by atoms with Crippen LogP contribution in [0.5, 0.6) is 0 Å². The lowest BCUT2D eigenvalue weighted by Gasteiger charge is -2.35. The van der Waals surface area contributed by atoms with Crippen LogP contribution in [0, 0.1) is 23.0 Å². The van der Waals surface area contributed by atoms with Crippen molar-refractivity contribution in [2.75, 3.05) is 13.1 Å². The molecule has 0 bridgehead atoms. The topological polar surface area (TPSA) is 99.1 Å². The minimum atomic E-state index is -3.69. The SMILES string of the molecule is C[C@@H]1NC[C@@H](c2ccccc2)S(=O)(=O)C1Cc1cc(F)c(C2(C(=O)NCC#N)CC2)cc1F. The van der Waals surface area contributed by atoms with E-state index in [9.17, 15) is 13.2 Å². The van der Waals surface area contributed by atoms with Gasteiger partial charge in [0.15, 0.2) is 9.84 Å². The Hall–Kier alpha value is -2.83. The van der Waals surface area contributed by atoms with Gasteiger partial charge in [-0.25, -0.2) is 17.2 Å². The summed E-state index contributed by atoms with van der Waals surface area (Å²) in [6.45, 7) is 1.76. The number of carbonyl (C=O) groups excluding carboxylic acids is 1. The van der Waals surface area contributed by atoms with Crippen LogP contribution in [0.4, 0.5) is 8.78 Å². The van der Waals surface area contributed by atoms with E-state index in [-0.39, 0.29) is 30.6 Å². The maximum atomic E-state index is 15.1. The van der Waals surface area contributed by atoms with Crippen molar-refractivity contribution in [1.82, 2.24) is 10.6 Å². The lowest BCUT2D eigenvalue weighted by Crippen LogP contribution is -2.53. The summed E-state index contributed by atoms with van der Waals surface area (Å²) in [7, 11) is -3.69. The molecule has 33 heavy (non-hydrogen) atoms. The van der Waals surface area contributed by atoms with E-state index in [2.05, 4.69) is 10.6 Å². The zero-order valence-electron chi connectivity index (χ0n) is 18.1. The second kappa shape index (κ2) is 8.84. The fourth-order valence-electron chi connectivity index (χ4n) is 4.66. The first kappa shape index (κ1) is 23.3. The molecule has 6 nitrogen and oxygen atoms in total. The average Bonchev–Trinajstić information content (AvgIpc) is 3.59. The van der Waals surface area contributed by atoms with Crippen molar-refractivity contribution >= 4 is 15.7 Å². The van der Waals surface area contributed by atoms with E-state index < -0.39 is 49.3 Å². The normalized spacial score (nSPS) is 25.1. The molecule has 0 radical (unpaired) electrons. The molecule has 3 atom stereocenters. The number of amides is 1. The van der Waals surface area contributed by atoms with Crippen LogP contribution in [-0.4, -0.2) is 38.7 Å². The lowest BCUT2D eigenvalue weighted by molar-refractivity contribution is -0.123. The molecule has 1 aliphatic heterocycles. The van der Waals surface area contributed by atoms with Crippen molar-refractivity contribution < 1.29 is 22.0 Å². The first-order valence-corrected chi connectivity index (χ1v) is 12.5. The third-order valence-electron chi connectivity index (χ3n) is 6.76. The van der Waals surface area contributed by atoms with Crippen molar-refractivity contribution in [3.8, 4) is 6.07 Å². The Kier molecular flexibility index (Phi) is 6.25. The average molecular weight is 474 g/mol. The summed E-state index contributed by atoms with van der Waals surface area (Å²) in [6, 6.07) is 12.2. The maximum absolute atomic E-state index is 15.1. The number of benzene rings is 2. The molecule has 2 aromatic carbocycles. The van der Waals surface area contributed by atoms with Crippen molar-refractivity contribution in [2.24, 2.45) is 0 Å². The molecule has 0 aromatic heterocycles. The molecule has 2 aromatic rings. The minimum Gasteiger partial charge on any atom is -0.342 e. The third-order valence-corrected chi connectivity index (χ3v) is 9.41. The zero-order chi connectivity index (χ0) is 23.8. The fourth-order valence-corrected chi connectivity index (χ4v) is 7.03. The Morgan fingerprint density at radius 2 is 1.91 bits per heavy atom. The van der Waals surface area contributed by atoms with Crippen LogP contribution in [0.3, 0.4) is 0 Å². The number of halogens is 2. The molecule has 1 saturated carbocycles. The monoisotopic (exact) mass is 473 g/mol. The standard InChI is InChI=1S/C24H25F2N3O3S/c1-15-21(33(31,32)22(14-29-15)16-5-3-2-4-6-16)12-17-11-20(26)18(13-19(17)25)24(7-8-24)23(30)28-10-9-27/h2-6,11,13,15,21-22,29H,7-8,10,12,14H2,1H3,(H,28,30)/t15-,21?,22-/m0/s1. The predicted octanol–water partition coefficient (Wildman–Crippen LogP) is 2.70. The highest BCUT2D eigenvalue weighted by molar-refractivity contribution is 7.92. The number of sulfone groups is 1. The van der Waals surface area contributed by atoms with Crippen LogP contribution in [0.2, 0.25) is 0 Å². The molecule has 2 fully saturated rings. The number of rotatable bonds is 6. The summed E-state index contributed by atoms with van der Waals surface area (Å²) < 4.78 is 57.0. The van der Waals surface area contributed by atoms with Gasteiger partial charge in [-0.05, 0) is 49.4 Å². The largest absolute Gasteiger partial charge is 0.342 e. The van der Waals surface area contributed by atoms with Gasteiger partial charge >= 0.3 is 0 Å². The summed E-state index contributed by atoms with van der Waals surface area (Å²) >= 11 is 0. The summed E-state index contributed by atoms with van der Waals surface area (Å²) in [6.07, 6.45) is 0.532. The number of hydrogen-bond donors (Lipinski definition) is 2. The van der Waals surface area contributed by atoms with E-state index >= 15 is 8.78 Å². The van der Waals surface area contributed by atoms with Gasteiger partial charge in [0.2, 0.25) is 5.91 Å². The van der Waals surface area contributed by atoms with Gasteiger partial charge in [-0.15, -0.1) is 0 Å². The Morgan fingerprint density at radius 3 is 2.55 bits per heavy atom. The molecule has 174 valence electrons. The molecule has 1 heterocycles. The van der Waals surface area contributed by atoms with Gasteiger partial charge in [0.05, 0.1) is 22.0 Å². The van der Waals surface area contributed by atoms with E-state index in [0.717, 1.165) is 12.1 Å². The molecule has 2 N–H and O–H groups in total. The Bertz CT molecular complexity index is 1210. The quantitative estimate of drug-likeness (QED) is 0.629. The van der Waals surface area contributed by atoms with Crippen LogP contribution in [-0.2, 0) is 26.5 Å². The number of hydrogen-bond acceptors (Lipinski definition) is 5. The van der Waals surface area contributed by atoms with Gasteiger partial charge in [0.1, 0.15) is 18.2 Å². The molecular formula is C24H25F2N3O3S. The van der Waals surface area contributed by atoms with E-state index in [1.807, 2.05) is 0 Å². The number of carbonyl (C=O) groups is 1. The summed E-state index contributed by atoms with van der Waals surface area (Å²) in [5.41, 5.74) is -0.618. The molecule has 1 amide bonds. The maximum Gasteiger partial charge on any atom is 0.231 e. The number of nitrogens with one attached hydrogen (secondary N) is 2. The van der Waals surface area contributed by atoms with Crippen LogP contribution in [0.15, 0.2) is 42.5 Å². The second-order valence-electron chi connectivity index (χ2n) is 8.77. The molecule has 4 rings (SSSR count). The Balaban J connectivity index is 1.62. The van der Waals surface area contributed by atoms with Crippen molar-refractivity contribution in [1.29, 1.82) is 5.26 Å². The van der Waals surface area contributed by atoms with Crippen molar-refractivity contribution in [3.05, 3.63) is 70.8 Å². The zero-order valence-corrected chi connectivity index (χ0v) is 19.0. The molecule has 1 saturated heterocycles. The van der Waals surface area contributed by atoms with Crippen LogP contribution in [0.25, 0.3) is 0 Å². The Labute approximate surface area is 191 Å². The van der Waals surface area contributed by atoms with Crippen molar-refractivity contribution in [3.63, 3.8) is 0 Å². The van der Waals surface area contributed by atoms with Crippen molar-refractivity contribution in [2.45, 2.75) is 48.1 Å². The van der Waals surface area contributed by atoms with E-state index in [4.69, 9.17) is 5.26 Å². The Morgan fingerprint density at radius 1 is 1.21 bits per heavy atom. The smallest absolute Gasteiger partial charge is 0.231 e. The lowest BCUT2D eigenvalue weighted by atomic mass is 9.92. The summed E-state index contributed by atoms with van der Waals surface area (Å²) in [4.78, 5) is 12.4. The molecular weight excluding hydrogens is 448 g/mol. The molecule has 1 aliphatic carbocycles. The molecule has 9 heteroatoms. The summed E-state index contributed by atoms with van der Waals surface area (Å²) in [5, 5.41) is 12.6. The van der Waals surface area contributed by atoms with E-state index in [0.29, 0.717) is 18.4 Å². The molecule has 0 spiro atoms. The molecule has 1 unspecified atom stereocenters. The second-order valence-corrected chi connectivity index (χ2v) is 11.1. The third kappa shape index (κ3) is 4.25. The van der Waals surface area contributed by atoms with Gasteiger partial charge in [-0.1, -0.05) is 30.3 Å². The minimum absolute atomic E-state index is 0.0413. The molecule has 2 aliphatic rings. The first-order chi connectivity index (χ1) is 15.7.